The Labute approximate surface area is 133 Å². The first-order valence-corrected chi connectivity index (χ1v) is 9.48. The van der Waals surface area contributed by atoms with Gasteiger partial charge in [0.05, 0.1) is 5.03 Å². The van der Waals surface area contributed by atoms with Gasteiger partial charge in [-0.1, -0.05) is 23.5 Å². The molecule has 0 aromatic carbocycles. The lowest BCUT2D eigenvalue weighted by atomic mass is 10.4. The van der Waals surface area contributed by atoms with Crippen LogP contribution in [0.25, 0.3) is 0 Å². The van der Waals surface area contributed by atoms with Crippen molar-refractivity contribution in [1.82, 2.24) is 4.90 Å². The van der Waals surface area contributed by atoms with Gasteiger partial charge in [-0.3, -0.25) is 0 Å². The minimum Gasteiger partial charge on any atom is -0.340 e. The third-order valence-electron chi connectivity index (χ3n) is 3.10. The monoisotopic (exact) mass is 327 g/mol. The summed E-state index contributed by atoms with van der Waals surface area (Å²) in [5.74, 6) is 0.120. The van der Waals surface area contributed by atoms with Crippen molar-refractivity contribution in [2.45, 2.75) is 20.8 Å². The minimum absolute atomic E-state index is 0.120. The average Bonchev–Trinajstić information content (AvgIpc) is 2.96. The van der Waals surface area contributed by atoms with Crippen LogP contribution >= 0.6 is 35.3 Å². The molecule has 0 N–H and O–H groups in total. The van der Waals surface area contributed by atoms with Crippen LogP contribution in [0.5, 0.6) is 0 Å². The number of rotatable bonds is 3. The van der Waals surface area contributed by atoms with E-state index in [0.29, 0.717) is 0 Å². The summed E-state index contributed by atoms with van der Waals surface area (Å²) in [5, 5.41) is 3.33. The molecule has 0 unspecified atom stereocenters. The summed E-state index contributed by atoms with van der Waals surface area (Å²) in [6, 6.07) is 0. The predicted octanol–water partition coefficient (Wildman–Crippen LogP) is 3.67. The van der Waals surface area contributed by atoms with Gasteiger partial charge >= 0.3 is 5.91 Å². The maximum atomic E-state index is 12.3. The molecule has 0 radical (unpaired) electrons. The molecule has 0 saturated heterocycles. The van der Waals surface area contributed by atoms with E-state index in [-0.39, 0.29) is 5.91 Å². The molecular weight excluding hydrogens is 308 g/mol. The van der Waals surface area contributed by atoms with Gasteiger partial charge in [0.25, 0.3) is 4.38 Å². The molecule has 2 rings (SSSR count). The second-order valence-corrected chi connectivity index (χ2v) is 7.25. The van der Waals surface area contributed by atoms with Gasteiger partial charge in [0.2, 0.25) is 0 Å². The summed E-state index contributed by atoms with van der Waals surface area (Å²) in [6.45, 7) is 7.94. The maximum Gasteiger partial charge on any atom is 0.427 e. The highest BCUT2D eigenvalue weighted by molar-refractivity contribution is 8.40. The van der Waals surface area contributed by atoms with E-state index in [2.05, 4.69) is 30.2 Å². The molecule has 0 bridgehead atoms. The topological polar surface area (TPSA) is 23.3 Å². The SMILES string of the molecule is CCN1C(C)=CSC1=CC=C1SC(SC)=[N+](CC)C1=O. The van der Waals surface area contributed by atoms with Crippen molar-refractivity contribution >= 4 is 45.6 Å². The Morgan fingerprint density at radius 2 is 2.15 bits per heavy atom. The van der Waals surface area contributed by atoms with Gasteiger partial charge in [0.1, 0.15) is 4.91 Å². The van der Waals surface area contributed by atoms with E-state index in [1.54, 1.807) is 35.3 Å². The molecule has 0 saturated carbocycles. The van der Waals surface area contributed by atoms with Gasteiger partial charge in [-0.15, -0.1) is 4.58 Å². The summed E-state index contributed by atoms with van der Waals surface area (Å²) in [6.07, 6.45) is 6.02. The standard InChI is InChI=1S/C14H19N2OS3/c1-5-15-10(3)9-19-12(15)8-7-11-13(17)16(6-2)14(18-4)20-11/h7-9H,5-6H2,1-4H3/q+1. The third-order valence-corrected chi connectivity index (χ3v) is 6.40. The van der Waals surface area contributed by atoms with Crippen molar-refractivity contribution in [3.05, 3.63) is 33.2 Å². The normalized spacial score (nSPS) is 23.5. The summed E-state index contributed by atoms with van der Waals surface area (Å²) in [5.41, 5.74) is 1.26. The van der Waals surface area contributed by atoms with Gasteiger partial charge in [-0.05, 0) is 56.3 Å². The number of carbonyl (C=O) groups is 1. The number of amides is 1. The number of thioether (sulfide) groups is 3. The zero-order valence-corrected chi connectivity index (χ0v) is 14.6. The molecule has 2 heterocycles. The zero-order valence-electron chi connectivity index (χ0n) is 12.2. The number of likely N-dealkylation sites (N-methyl/N-ethyl adjacent to an activating group) is 1. The van der Waals surface area contributed by atoms with Crippen LogP contribution in [0.2, 0.25) is 0 Å². The third kappa shape index (κ3) is 3.02. The minimum atomic E-state index is 0.120. The molecule has 3 nitrogen and oxygen atoms in total. The number of allylic oxidation sites excluding steroid dienone is 3. The van der Waals surface area contributed by atoms with Crippen molar-refractivity contribution in [2.24, 2.45) is 0 Å². The van der Waals surface area contributed by atoms with E-state index in [0.717, 1.165) is 22.4 Å². The molecule has 2 aliphatic rings. The van der Waals surface area contributed by atoms with E-state index in [1.165, 1.54) is 10.7 Å². The van der Waals surface area contributed by atoms with Gasteiger partial charge in [0, 0.05) is 12.2 Å². The Bertz CT molecular complexity index is 547. The average molecular weight is 328 g/mol. The Morgan fingerprint density at radius 1 is 1.40 bits per heavy atom. The van der Waals surface area contributed by atoms with Crippen LogP contribution in [0.3, 0.4) is 0 Å². The summed E-state index contributed by atoms with van der Waals surface area (Å²) in [7, 11) is 0. The molecule has 0 spiro atoms. The fourth-order valence-electron chi connectivity index (χ4n) is 2.07. The van der Waals surface area contributed by atoms with Crippen LogP contribution in [-0.4, -0.2) is 39.1 Å². The fourth-order valence-corrected chi connectivity index (χ4v) is 4.91. The van der Waals surface area contributed by atoms with E-state index in [1.807, 2.05) is 23.8 Å². The van der Waals surface area contributed by atoms with Crippen molar-refractivity contribution < 1.29 is 9.37 Å². The molecule has 0 aliphatic carbocycles. The molecule has 108 valence electrons. The summed E-state index contributed by atoms with van der Waals surface area (Å²) < 4.78 is 2.91. The fraction of sp³-hybridized carbons (Fsp3) is 0.429. The maximum absolute atomic E-state index is 12.3. The first-order chi connectivity index (χ1) is 9.62. The second kappa shape index (κ2) is 6.91. The van der Waals surface area contributed by atoms with E-state index < -0.39 is 0 Å². The molecule has 0 aromatic heterocycles. The van der Waals surface area contributed by atoms with E-state index in [4.69, 9.17) is 0 Å². The highest BCUT2D eigenvalue weighted by Gasteiger charge is 2.36. The lowest BCUT2D eigenvalue weighted by Crippen LogP contribution is -2.18. The largest absolute Gasteiger partial charge is 0.427 e. The smallest absolute Gasteiger partial charge is 0.340 e. The molecule has 1 amide bonds. The lowest BCUT2D eigenvalue weighted by molar-refractivity contribution is -0.433. The van der Waals surface area contributed by atoms with Gasteiger partial charge in [-0.25, -0.2) is 4.79 Å². The van der Waals surface area contributed by atoms with Crippen molar-refractivity contribution in [2.75, 3.05) is 19.3 Å². The number of hydrogen-bond acceptors (Lipinski definition) is 5. The van der Waals surface area contributed by atoms with Crippen LogP contribution in [-0.2, 0) is 4.79 Å². The van der Waals surface area contributed by atoms with Crippen LogP contribution < -0.4 is 0 Å². The molecule has 0 fully saturated rings. The first kappa shape index (κ1) is 15.8. The van der Waals surface area contributed by atoms with Gasteiger partial charge in [-0.2, -0.15) is 0 Å². The molecule has 2 aliphatic heterocycles. The van der Waals surface area contributed by atoms with Crippen LogP contribution in [0.1, 0.15) is 20.8 Å². The first-order valence-electron chi connectivity index (χ1n) is 6.56. The van der Waals surface area contributed by atoms with Crippen molar-refractivity contribution in [1.29, 1.82) is 0 Å². The number of carbonyl (C=O) groups excluding carboxylic acids is 1. The molecule has 0 atom stereocenters. The quantitative estimate of drug-likeness (QED) is 0.581. The predicted molar refractivity (Wildman–Crippen MR) is 91.8 cm³/mol. The van der Waals surface area contributed by atoms with Gasteiger partial charge < -0.3 is 4.90 Å². The number of hydrogen-bond donors (Lipinski definition) is 0. The molecule has 20 heavy (non-hydrogen) atoms. The lowest BCUT2D eigenvalue weighted by Gasteiger charge is -2.18. The van der Waals surface area contributed by atoms with E-state index in [9.17, 15) is 4.79 Å². The zero-order chi connectivity index (χ0) is 14.7. The van der Waals surface area contributed by atoms with Crippen molar-refractivity contribution in [3.8, 4) is 0 Å². The molecular formula is C14H19N2OS3+. The van der Waals surface area contributed by atoms with Crippen molar-refractivity contribution in [3.63, 3.8) is 0 Å². The highest BCUT2D eigenvalue weighted by Crippen LogP contribution is 2.35. The van der Waals surface area contributed by atoms with Crippen LogP contribution in [0.4, 0.5) is 0 Å². The Kier molecular flexibility index (Phi) is 5.46. The Hall–Kier alpha value is -0.590. The van der Waals surface area contributed by atoms with Crippen LogP contribution in [0, 0.1) is 0 Å². The van der Waals surface area contributed by atoms with E-state index >= 15 is 0 Å². The molecule has 0 aromatic rings. The number of nitrogens with zero attached hydrogens (tertiary/aromatic N) is 2. The Balaban J connectivity index is 2.17. The second-order valence-electron chi connectivity index (χ2n) is 4.28. The highest BCUT2D eigenvalue weighted by atomic mass is 32.2. The van der Waals surface area contributed by atoms with Crippen LogP contribution in [0.15, 0.2) is 33.2 Å². The van der Waals surface area contributed by atoms with Gasteiger partial charge in [0.15, 0.2) is 6.54 Å². The Morgan fingerprint density at radius 3 is 2.70 bits per heavy atom. The molecule has 6 heteroatoms. The summed E-state index contributed by atoms with van der Waals surface area (Å²) >= 11 is 4.92. The summed E-state index contributed by atoms with van der Waals surface area (Å²) in [4.78, 5) is 15.3.